The minimum Gasteiger partial charge on any atom is -0.490 e. The van der Waals surface area contributed by atoms with E-state index < -0.39 is 5.41 Å². The van der Waals surface area contributed by atoms with Gasteiger partial charge in [0.05, 0.1) is 16.0 Å². The molecule has 0 saturated heterocycles. The van der Waals surface area contributed by atoms with E-state index in [9.17, 15) is 4.79 Å². The van der Waals surface area contributed by atoms with Crippen LogP contribution in [0.25, 0.3) is 0 Å². The van der Waals surface area contributed by atoms with Crippen LogP contribution >= 0.6 is 23.2 Å². The predicted octanol–water partition coefficient (Wildman–Crippen LogP) is 3.76. The lowest BCUT2D eigenvalue weighted by molar-refractivity contribution is 0.0747. The van der Waals surface area contributed by atoms with Gasteiger partial charge in [0.2, 0.25) is 0 Å². The second-order valence-electron chi connectivity index (χ2n) is 4.00. The van der Waals surface area contributed by atoms with E-state index >= 15 is 0 Å². The molecule has 1 aliphatic rings. The molecule has 0 N–H and O–H groups in total. The zero-order valence-electron chi connectivity index (χ0n) is 8.72. The molecule has 4 heteroatoms. The number of ether oxygens (including phenoxy) is 1. The van der Waals surface area contributed by atoms with Crippen molar-refractivity contribution in [1.82, 2.24) is 0 Å². The van der Waals surface area contributed by atoms with Crippen molar-refractivity contribution in [3.05, 3.63) is 40.4 Å². The number of ketones is 1. The van der Waals surface area contributed by atoms with Crippen LogP contribution in [0, 0.1) is 5.41 Å². The summed E-state index contributed by atoms with van der Waals surface area (Å²) < 4.78 is 5.50. The second kappa shape index (κ2) is 3.79. The van der Waals surface area contributed by atoms with Crippen molar-refractivity contribution in [2.75, 3.05) is 6.61 Å². The van der Waals surface area contributed by atoms with E-state index in [0.717, 1.165) is 0 Å². The van der Waals surface area contributed by atoms with Gasteiger partial charge in [-0.2, -0.15) is 0 Å². The number of fused-ring (bicyclic) bond motifs is 1. The van der Waals surface area contributed by atoms with Gasteiger partial charge in [-0.05, 0) is 19.1 Å². The normalized spacial score (nSPS) is 23.6. The number of carbonyl (C=O) groups excluding carboxylic acids is 1. The van der Waals surface area contributed by atoms with Crippen molar-refractivity contribution in [2.45, 2.75) is 6.92 Å². The predicted molar refractivity (Wildman–Crippen MR) is 64.6 cm³/mol. The van der Waals surface area contributed by atoms with E-state index in [4.69, 9.17) is 27.9 Å². The van der Waals surface area contributed by atoms with E-state index in [-0.39, 0.29) is 12.4 Å². The third-order valence-electron chi connectivity index (χ3n) is 2.74. The maximum atomic E-state index is 12.2. The first-order valence-corrected chi connectivity index (χ1v) is 5.54. The highest BCUT2D eigenvalue weighted by Gasteiger charge is 2.38. The summed E-state index contributed by atoms with van der Waals surface area (Å²) in [4.78, 5) is 12.2. The molecule has 0 amide bonds. The van der Waals surface area contributed by atoms with Crippen LogP contribution in [0.1, 0.15) is 17.3 Å². The third kappa shape index (κ3) is 1.62. The zero-order valence-corrected chi connectivity index (χ0v) is 10.2. The Labute approximate surface area is 104 Å². The second-order valence-corrected chi connectivity index (χ2v) is 4.85. The van der Waals surface area contributed by atoms with Crippen LogP contribution in [0.2, 0.25) is 10.0 Å². The van der Waals surface area contributed by atoms with Crippen LogP contribution in [0.4, 0.5) is 0 Å². The Morgan fingerprint density at radius 1 is 1.50 bits per heavy atom. The number of halogens is 2. The Morgan fingerprint density at radius 2 is 2.19 bits per heavy atom. The first-order valence-electron chi connectivity index (χ1n) is 4.78. The minimum atomic E-state index is -0.707. The van der Waals surface area contributed by atoms with Crippen molar-refractivity contribution in [2.24, 2.45) is 5.41 Å². The molecule has 2 nitrogen and oxygen atoms in total. The molecule has 0 saturated carbocycles. The fourth-order valence-corrected chi connectivity index (χ4v) is 2.17. The van der Waals surface area contributed by atoms with Crippen molar-refractivity contribution in [1.29, 1.82) is 0 Å². The first-order chi connectivity index (χ1) is 7.48. The van der Waals surface area contributed by atoms with Crippen molar-refractivity contribution in [3.8, 4) is 5.75 Å². The summed E-state index contributed by atoms with van der Waals surface area (Å²) in [5.74, 6) is 0.351. The van der Waals surface area contributed by atoms with Gasteiger partial charge in [-0.1, -0.05) is 29.3 Å². The number of hydrogen-bond donors (Lipinski definition) is 0. The summed E-state index contributed by atoms with van der Waals surface area (Å²) in [5.41, 5.74) is -0.285. The highest BCUT2D eigenvalue weighted by atomic mass is 35.5. The highest BCUT2D eigenvalue weighted by molar-refractivity contribution is 6.36. The summed E-state index contributed by atoms with van der Waals surface area (Å²) in [5, 5.41) is 0.788. The molecule has 0 radical (unpaired) electrons. The van der Waals surface area contributed by atoms with Crippen molar-refractivity contribution >= 4 is 29.0 Å². The maximum Gasteiger partial charge on any atom is 0.179 e. The smallest absolute Gasteiger partial charge is 0.179 e. The van der Waals surface area contributed by atoms with Gasteiger partial charge >= 0.3 is 0 Å². The zero-order chi connectivity index (χ0) is 11.9. The van der Waals surface area contributed by atoms with E-state index in [1.807, 2.05) is 0 Å². The van der Waals surface area contributed by atoms with Crippen LogP contribution in [-0.4, -0.2) is 12.4 Å². The Kier molecular flexibility index (Phi) is 2.72. The average Bonchev–Trinajstić information content (AvgIpc) is 2.24. The fraction of sp³-hybridized carbons (Fsp3) is 0.250. The monoisotopic (exact) mass is 256 g/mol. The fourth-order valence-electron chi connectivity index (χ4n) is 1.62. The summed E-state index contributed by atoms with van der Waals surface area (Å²) >= 11 is 11.8. The lowest BCUT2D eigenvalue weighted by Gasteiger charge is -2.31. The lowest BCUT2D eigenvalue weighted by Crippen LogP contribution is -2.36. The van der Waals surface area contributed by atoms with Crippen LogP contribution < -0.4 is 4.74 Å². The van der Waals surface area contributed by atoms with Crippen LogP contribution in [-0.2, 0) is 0 Å². The minimum absolute atomic E-state index is 0.0619. The topological polar surface area (TPSA) is 26.3 Å². The number of hydrogen-bond acceptors (Lipinski definition) is 2. The Hall–Kier alpha value is -0.990. The number of benzene rings is 1. The molecule has 1 heterocycles. The molecule has 0 aromatic heterocycles. The van der Waals surface area contributed by atoms with Gasteiger partial charge in [0, 0.05) is 5.02 Å². The first kappa shape index (κ1) is 11.5. The molecule has 0 unspecified atom stereocenters. The van der Waals surface area contributed by atoms with Crippen LogP contribution in [0.3, 0.4) is 0 Å². The van der Waals surface area contributed by atoms with E-state index in [1.54, 1.807) is 25.1 Å². The van der Waals surface area contributed by atoms with Gasteiger partial charge in [-0.15, -0.1) is 6.58 Å². The van der Waals surface area contributed by atoms with Gasteiger partial charge in [0.25, 0.3) is 0 Å². The van der Waals surface area contributed by atoms with Crippen LogP contribution in [0.5, 0.6) is 5.75 Å². The number of carbonyl (C=O) groups is 1. The standard InChI is InChI=1S/C12H10Cl2O2/c1-3-12(2)6-16-10-8(11(12)15)4-7(13)5-9(10)14/h3-5H,1,6H2,2H3/t12-/m1/s1. The van der Waals surface area contributed by atoms with Gasteiger partial charge in [0.15, 0.2) is 5.78 Å². The molecule has 1 atom stereocenters. The van der Waals surface area contributed by atoms with E-state index in [2.05, 4.69) is 6.58 Å². The molecule has 2 rings (SSSR count). The summed E-state index contributed by atoms with van der Waals surface area (Å²) in [6.07, 6.45) is 1.59. The summed E-state index contributed by atoms with van der Waals surface area (Å²) in [7, 11) is 0. The molecule has 0 spiro atoms. The van der Waals surface area contributed by atoms with Crippen LogP contribution in [0.15, 0.2) is 24.8 Å². The van der Waals surface area contributed by atoms with Crippen molar-refractivity contribution in [3.63, 3.8) is 0 Å². The van der Waals surface area contributed by atoms with Gasteiger partial charge in [-0.3, -0.25) is 4.79 Å². The molecule has 1 aromatic carbocycles. The molecule has 16 heavy (non-hydrogen) atoms. The Morgan fingerprint density at radius 3 is 2.81 bits per heavy atom. The highest BCUT2D eigenvalue weighted by Crippen LogP contribution is 2.40. The molecular weight excluding hydrogens is 247 g/mol. The molecule has 0 fully saturated rings. The van der Waals surface area contributed by atoms with E-state index in [1.165, 1.54) is 0 Å². The summed E-state index contributed by atoms with van der Waals surface area (Å²) in [6.45, 7) is 5.69. The number of Topliss-reactive ketones (excluding diaryl/α,β-unsaturated/α-hetero) is 1. The molecule has 1 aromatic rings. The quantitative estimate of drug-likeness (QED) is 0.716. The summed E-state index contributed by atoms with van der Waals surface area (Å²) in [6, 6.07) is 3.14. The van der Waals surface area contributed by atoms with E-state index in [0.29, 0.717) is 21.4 Å². The molecule has 84 valence electrons. The largest absolute Gasteiger partial charge is 0.490 e. The molecule has 0 aliphatic carbocycles. The third-order valence-corrected chi connectivity index (χ3v) is 3.24. The molecule has 0 bridgehead atoms. The molecular formula is C12H10Cl2O2. The van der Waals surface area contributed by atoms with Gasteiger partial charge in [-0.25, -0.2) is 0 Å². The van der Waals surface area contributed by atoms with Gasteiger partial charge in [0.1, 0.15) is 12.4 Å². The Bertz CT molecular complexity index is 482. The number of rotatable bonds is 1. The van der Waals surface area contributed by atoms with Gasteiger partial charge < -0.3 is 4.74 Å². The lowest BCUT2D eigenvalue weighted by atomic mass is 9.81. The molecule has 1 aliphatic heterocycles. The SMILES string of the molecule is C=C[C@]1(C)COc2c(Cl)cc(Cl)cc2C1=O. The maximum absolute atomic E-state index is 12.2. The average molecular weight is 257 g/mol. The Balaban J connectivity index is 2.61. The van der Waals surface area contributed by atoms with Crippen molar-refractivity contribution < 1.29 is 9.53 Å².